The molecule has 1 aromatic rings. The van der Waals surface area contributed by atoms with Crippen LogP contribution in [-0.4, -0.2) is 19.4 Å². The molecule has 0 fully saturated rings. The summed E-state index contributed by atoms with van der Waals surface area (Å²) in [5, 5.41) is 0.628. The molecular weight excluding hydrogens is 274 g/mol. The van der Waals surface area contributed by atoms with Crippen molar-refractivity contribution in [2.75, 3.05) is 13.7 Å². The summed E-state index contributed by atoms with van der Waals surface area (Å²) in [5.41, 5.74) is 6.43. The SMILES string of the molecule is CCC(CCN)CCC(=O)Cc1cc(Cl)ccc1OC. The summed E-state index contributed by atoms with van der Waals surface area (Å²) < 4.78 is 5.26. The fourth-order valence-electron chi connectivity index (χ4n) is 2.34. The van der Waals surface area contributed by atoms with Crippen LogP contribution < -0.4 is 10.5 Å². The Hall–Kier alpha value is -1.06. The normalized spacial score (nSPS) is 12.2. The van der Waals surface area contributed by atoms with Gasteiger partial charge in [-0.15, -0.1) is 0 Å². The quantitative estimate of drug-likeness (QED) is 0.757. The molecular formula is C16H24ClNO2. The number of halogens is 1. The Labute approximate surface area is 126 Å². The molecule has 0 aliphatic heterocycles. The summed E-state index contributed by atoms with van der Waals surface area (Å²) in [5.74, 6) is 1.49. The van der Waals surface area contributed by atoms with Crippen LogP contribution in [0.15, 0.2) is 18.2 Å². The van der Waals surface area contributed by atoms with Gasteiger partial charge in [0, 0.05) is 23.4 Å². The lowest BCUT2D eigenvalue weighted by Gasteiger charge is -2.13. The van der Waals surface area contributed by atoms with E-state index in [9.17, 15) is 4.79 Å². The number of ether oxygens (including phenoxy) is 1. The molecule has 1 atom stereocenters. The lowest BCUT2D eigenvalue weighted by Crippen LogP contribution is -2.11. The van der Waals surface area contributed by atoms with Crippen LogP contribution in [-0.2, 0) is 11.2 Å². The average Bonchev–Trinajstić information content (AvgIpc) is 2.43. The van der Waals surface area contributed by atoms with E-state index in [0.717, 1.165) is 30.6 Å². The van der Waals surface area contributed by atoms with Crippen molar-refractivity contribution in [1.82, 2.24) is 0 Å². The molecule has 112 valence electrons. The van der Waals surface area contributed by atoms with Crippen molar-refractivity contribution >= 4 is 17.4 Å². The van der Waals surface area contributed by atoms with Gasteiger partial charge in [0.25, 0.3) is 0 Å². The summed E-state index contributed by atoms with van der Waals surface area (Å²) in [6, 6.07) is 5.37. The molecule has 0 aromatic heterocycles. The van der Waals surface area contributed by atoms with Gasteiger partial charge >= 0.3 is 0 Å². The largest absolute Gasteiger partial charge is 0.496 e. The topological polar surface area (TPSA) is 52.3 Å². The van der Waals surface area contributed by atoms with Crippen molar-refractivity contribution in [3.05, 3.63) is 28.8 Å². The van der Waals surface area contributed by atoms with Gasteiger partial charge in [-0.1, -0.05) is 24.9 Å². The molecule has 0 aliphatic carbocycles. The third-order valence-corrected chi connectivity index (χ3v) is 3.85. The van der Waals surface area contributed by atoms with Crippen LogP contribution in [0.5, 0.6) is 5.75 Å². The maximum atomic E-state index is 12.1. The molecule has 0 heterocycles. The monoisotopic (exact) mass is 297 g/mol. The van der Waals surface area contributed by atoms with Crippen molar-refractivity contribution < 1.29 is 9.53 Å². The Morgan fingerprint density at radius 3 is 2.75 bits per heavy atom. The van der Waals surface area contributed by atoms with E-state index in [2.05, 4.69) is 6.92 Å². The van der Waals surface area contributed by atoms with E-state index >= 15 is 0 Å². The third-order valence-electron chi connectivity index (χ3n) is 3.61. The van der Waals surface area contributed by atoms with E-state index < -0.39 is 0 Å². The minimum Gasteiger partial charge on any atom is -0.496 e. The van der Waals surface area contributed by atoms with Gasteiger partial charge < -0.3 is 10.5 Å². The Kier molecular flexibility index (Phi) is 7.63. The molecule has 0 amide bonds. The molecule has 0 saturated carbocycles. The van der Waals surface area contributed by atoms with E-state index in [1.54, 1.807) is 25.3 Å². The molecule has 0 spiro atoms. The summed E-state index contributed by atoms with van der Waals surface area (Å²) in [6.45, 7) is 2.83. The van der Waals surface area contributed by atoms with E-state index in [1.165, 1.54) is 0 Å². The van der Waals surface area contributed by atoms with Crippen LogP contribution in [0.4, 0.5) is 0 Å². The zero-order valence-corrected chi connectivity index (χ0v) is 13.1. The predicted octanol–water partition coefficient (Wildman–Crippen LogP) is 3.62. The number of methoxy groups -OCH3 is 1. The molecule has 0 saturated heterocycles. The number of rotatable bonds is 9. The third kappa shape index (κ3) is 5.51. The minimum absolute atomic E-state index is 0.223. The summed E-state index contributed by atoms with van der Waals surface area (Å²) in [4.78, 5) is 12.1. The van der Waals surface area contributed by atoms with Gasteiger partial charge in [-0.05, 0) is 43.5 Å². The molecule has 1 aromatic carbocycles. The number of nitrogens with two attached hydrogens (primary N) is 1. The summed E-state index contributed by atoms with van der Waals surface area (Å²) >= 11 is 5.97. The maximum Gasteiger partial charge on any atom is 0.137 e. The number of carbonyl (C=O) groups excluding carboxylic acids is 1. The van der Waals surface area contributed by atoms with Crippen LogP contribution in [0, 0.1) is 5.92 Å². The number of hydrogen-bond acceptors (Lipinski definition) is 3. The molecule has 1 unspecified atom stereocenters. The number of benzene rings is 1. The molecule has 20 heavy (non-hydrogen) atoms. The molecule has 0 radical (unpaired) electrons. The van der Waals surface area contributed by atoms with Gasteiger partial charge in [-0.25, -0.2) is 0 Å². The second kappa shape index (κ2) is 8.98. The van der Waals surface area contributed by atoms with Crippen molar-refractivity contribution in [2.24, 2.45) is 11.7 Å². The van der Waals surface area contributed by atoms with Gasteiger partial charge in [0.1, 0.15) is 11.5 Å². The van der Waals surface area contributed by atoms with Gasteiger partial charge in [-0.2, -0.15) is 0 Å². The highest BCUT2D eigenvalue weighted by molar-refractivity contribution is 6.30. The first-order chi connectivity index (χ1) is 9.60. The number of carbonyl (C=O) groups is 1. The fraction of sp³-hybridized carbons (Fsp3) is 0.562. The standard InChI is InChI=1S/C16H24ClNO2/c1-3-12(8-9-18)4-6-15(19)11-13-10-14(17)5-7-16(13)20-2/h5,7,10,12H,3-4,6,8-9,11,18H2,1-2H3. The Morgan fingerprint density at radius 2 is 2.15 bits per heavy atom. The number of ketones is 1. The van der Waals surface area contributed by atoms with E-state index in [4.69, 9.17) is 22.1 Å². The summed E-state index contributed by atoms with van der Waals surface area (Å²) in [7, 11) is 1.60. The molecule has 4 heteroatoms. The Balaban J connectivity index is 2.55. The van der Waals surface area contributed by atoms with Gasteiger partial charge in [-0.3, -0.25) is 4.79 Å². The number of Topliss-reactive ketones (excluding diaryl/α,β-unsaturated/α-hetero) is 1. The van der Waals surface area contributed by atoms with E-state index in [0.29, 0.717) is 30.3 Å². The second-order valence-corrected chi connectivity index (χ2v) is 5.50. The lowest BCUT2D eigenvalue weighted by molar-refractivity contribution is -0.118. The predicted molar refractivity (Wildman–Crippen MR) is 83.4 cm³/mol. The van der Waals surface area contributed by atoms with Crippen LogP contribution in [0.2, 0.25) is 5.02 Å². The highest BCUT2D eigenvalue weighted by atomic mass is 35.5. The Morgan fingerprint density at radius 1 is 1.40 bits per heavy atom. The van der Waals surface area contributed by atoms with Crippen LogP contribution in [0.1, 0.15) is 38.2 Å². The first-order valence-corrected chi connectivity index (χ1v) is 7.52. The van der Waals surface area contributed by atoms with E-state index in [1.807, 2.05) is 0 Å². The minimum atomic E-state index is 0.223. The number of hydrogen-bond donors (Lipinski definition) is 1. The average molecular weight is 298 g/mol. The molecule has 3 nitrogen and oxygen atoms in total. The van der Waals surface area contributed by atoms with Crippen LogP contribution >= 0.6 is 11.6 Å². The molecule has 0 bridgehead atoms. The molecule has 1 rings (SSSR count). The highest BCUT2D eigenvalue weighted by Crippen LogP contribution is 2.24. The lowest BCUT2D eigenvalue weighted by atomic mass is 9.94. The van der Waals surface area contributed by atoms with Crippen LogP contribution in [0.25, 0.3) is 0 Å². The maximum absolute atomic E-state index is 12.1. The van der Waals surface area contributed by atoms with Gasteiger partial charge in [0.15, 0.2) is 0 Å². The van der Waals surface area contributed by atoms with Crippen molar-refractivity contribution in [2.45, 2.75) is 39.0 Å². The van der Waals surface area contributed by atoms with Crippen molar-refractivity contribution in [3.63, 3.8) is 0 Å². The molecule has 0 aliphatic rings. The first-order valence-electron chi connectivity index (χ1n) is 7.14. The van der Waals surface area contributed by atoms with Gasteiger partial charge in [0.05, 0.1) is 7.11 Å². The van der Waals surface area contributed by atoms with Crippen molar-refractivity contribution in [3.8, 4) is 5.75 Å². The van der Waals surface area contributed by atoms with Crippen LogP contribution in [0.3, 0.4) is 0 Å². The highest BCUT2D eigenvalue weighted by Gasteiger charge is 2.12. The second-order valence-electron chi connectivity index (χ2n) is 5.06. The van der Waals surface area contributed by atoms with E-state index in [-0.39, 0.29) is 5.78 Å². The summed E-state index contributed by atoms with van der Waals surface area (Å²) in [6.07, 6.45) is 3.95. The Bertz CT molecular complexity index is 434. The zero-order valence-electron chi connectivity index (χ0n) is 12.3. The van der Waals surface area contributed by atoms with Gasteiger partial charge in [0.2, 0.25) is 0 Å². The van der Waals surface area contributed by atoms with Crippen molar-refractivity contribution in [1.29, 1.82) is 0 Å². The fourth-order valence-corrected chi connectivity index (χ4v) is 2.53. The zero-order chi connectivity index (χ0) is 15.0. The molecule has 2 N–H and O–H groups in total. The smallest absolute Gasteiger partial charge is 0.137 e. The first kappa shape index (κ1) is 17.0.